The molecule has 5 nitrogen and oxygen atoms in total. The molecule has 0 aromatic heterocycles. The van der Waals surface area contributed by atoms with Gasteiger partial charge in [-0.25, -0.2) is 8.42 Å². The second kappa shape index (κ2) is 8.50. The van der Waals surface area contributed by atoms with E-state index in [1.54, 1.807) is 40.3 Å². The van der Waals surface area contributed by atoms with Gasteiger partial charge in [-0.2, -0.15) is 4.31 Å². The van der Waals surface area contributed by atoms with Crippen molar-refractivity contribution in [2.75, 3.05) is 23.7 Å². The number of thioether (sulfide) groups is 1. The number of nitrogens with zero attached hydrogens (tertiary/aromatic N) is 2. The Morgan fingerprint density at radius 1 is 1.00 bits per heavy atom. The zero-order valence-electron chi connectivity index (χ0n) is 16.6. The molecular weight excluding hydrogens is 404 g/mol. The van der Waals surface area contributed by atoms with Crippen LogP contribution < -0.4 is 4.90 Å². The molecule has 1 fully saturated rings. The van der Waals surface area contributed by atoms with E-state index in [1.807, 2.05) is 36.1 Å². The second-order valence-corrected chi connectivity index (χ2v) is 10.6. The lowest BCUT2D eigenvalue weighted by Crippen LogP contribution is -2.41. The van der Waals surface area contributed by atoms with Crippen LogP contribution in [-0.2, 0) is 10.0 Å². The lowest BCUT2D eigenvalue weighted by molar-refractivity contribution is 0.0986. The fourth-order valence-corrected chi connectivity index (χ4v) is 6.72. The summed E-state index contributed by atoms with van der Waals surface area (Å²) in [7, 11) is -3.53. The van der Waals surface area contributed by atoms with Crippen LogP contribution in [0.1, 0.15) is 43.0 Å². The van der Waals surface area contributed by atoms with E-state index < -0.39 is 10.0 Å². The van der Waals surface area contributed by atoms with E-state index in [0.717, 1.165) is 42.0 Å². The summed E-state index contributed by atoms with van der Waals surface area (Å²) in [6, 6.07) is 14.4. The molecular formula is C22H26N2O3S2. The van der Waals surface area contributed by atoms with Gasteiger partial charge < -0.3 is 4.90 Å². The summed E-state index contributed by atoms with van der Waals surface area (Å²) in [5.41, 5.74) is 1.44. The molecule has 2 aromatic carbocycles. The van der Waals surface area contributed by atoms with Crippen molar-refractivity contribution in [3.8, 4) is 0 Å². The maximum Gasteiger partial charge on any atom is 0.258 e. The highest BCUT2D eigenvalue weighted by atomic mass is 32.2. The van der Waals surface area contributed by atoms with Crippen molar-refractivity contribution in [2.24, 2.45) is 0 Å². The number of hydrogen-bond donors (Lipinski definition) is 0. The van der Waals surface area contributed by atoms with Gasteiger partial charge in [-0.3, -0.25) is 4.79 Å². The lowest BCUT2D eigenvalue weighted by Gasteiger charge is -2.32. The van der Waals surface area contributed by atoms with Crippen molar-refractivity contribution >= 4 is 33.4 Å². The first kappa shape index (κ1) is 20.4. The van der Waals surface area contributed by atoms with Gasteiger partial charge >= 0.3 is 0 Å². The van der Waals surface area contributed by atoms with Crippen LogP contribution in [0.15, 0.2) is 58.3 Å². The molecule has 0 radical (unpaired) electrons. The Morgan fingerprint density at radius 3 is 2.52 bits per heavy atom. The number of amides is 1. The third-order valence-electron chi connectivity index (χ3n) is 5.63. The van der Waals surface area contributed by atoms with Gasteiger partial charge in [-0.15, -0.1) is 11.8 Å². The van der Waals surface area contributed by atoms with Gasteiger partial charge in [0.05, 0.1) is 10.6 Å². The first-order chi connectivity index (χ1) is 14.0. The van der Waals surface area contributed by atoms with Crippen molar-refractivity contribution in [1.82, 2.24) is 4.31 Å². The molecule has 2 aromatic rings. The number of piperidine rings is 1. The molecule has 2 aliphatic heterocycles. The Labute approximate surface area is 177 Å². The Hall–Kier alpha value is -1.83. The molecule has 2 heterocycles. The van der Waals surface area contributed by atoms with Crippen molar-refractivity contribution in [1.29, 1.82) is 0 Å². The summed E-state index contributed by atoms with van der Waals surface area (Å²) < 4.78 is 27.6. The average molecular weight is 431 g/mol. The second-order valence-electron chi connectivity index (χ2n) is 7.61. The highest BCUT2D eigenvalue weighted by Crippen LogP contribution is 2.34. The number of fused-ring (bicyclic) bond motifs is 1. The zero-order valence-corrected chi connectivity index (χ0v) is 18.2. The summed E-state index contributed by atoms with van der Waals surface area (Å²) in [5, 5.41) is 0. The number of benzene rings is 2. The highest BCUT2D eigenvalue weighted by Gasteiger charge is 2.31. The van der Waals surface area contributed by atoms with Crippen LogP contribution in [-0.4, -0.2) is 43.5 Å². The van der Waals surface area contributed by atoms with E-state index in [1.165, 1.54) is 0 Å². The van der Waals surface area contributed by atoms with Gasteiger partial charge in [0, 0.05) is 29.6 Å². The quantitative estimate of drug-likeness (QED) is 0.725. The van der Waals surface area contributed by atoms with E-state index in [-0.39, 0.29) is 16.8 Å². The fraction of sp³-hybridized carbons (Fsp3) is 0.409. The number of anilines is 1. The standard InChI is InChI=1S/C22H26N2O3S2/c1-17-7-4-5-15-24(17)29(26,27)19-12-10-18(11-13-19)22(25)23-14-6-16-28-21-9-3-2-8-20(21)23/h2-3,8-13,17H,4-7,14-16H2,1H3/t17-/m1/s1. The van der Waals surface area contributed by atoms with E-state index >= 15 is 0 Å². The number of rotatable bonds is 3. The smallest absolute Gasteiger partial charge is 0.258 e. The number of para-hydroxylation sites is 1. The molecule has 1 amide bonds. The third-order valence-corrected chi connectivity index (χ3v) is 8.81. The molecule has 29 heavy (non-hydrogen) atoms. The molecule has 154 valence electrons. The normalized spacial score (nSPS) is 20.7. The van der Waals surface area contributed by atoms with Gasteiger partial charge in [-0.05, 0) is 68.3 Å². The molecule has 0 unspecified atom stereocenters. The number of carbonyl (C=O) groups is 1. The minimum absolute atomic E-state index is 0.0150. The largest absolute Gasteiger partial charge is 0.307 e. The van der Waals surface area contributed by atoms with Gasteiger partial charge in [0.15, 0.2) is 0 Å². The average Bonchev–Trinajstić information content (AvgIpc) is 2.96. The van der Waals surface area contributed by atoms with Gasteiger partial charge in [0.1, 0.15) is 0 Å². The summed E-state index contributed by atoms with van der Waals surface area (Å²) in [6.07, 6.45) is 3.77. The molecule has 0 bridgehead atoms. The van der Waals surface area contributed by atoms with Crippen molar-refractivity contribution in [3.05, 3.63) is 54.1 Å². The first-order valence-electron chi connectivity index (χ1n) is 10.1. The maximum absolute atomic E-state index is 13.2. The monoisotopic (exact) mass is 430 g/mol. The lowest BCUT2D eigenvalue weighted by atomic mass is 10.1. The van der Waals surface area contributed by atoms with E-state index in [2.05, 4.69) is 0 Å². The highest BCUT2D eigenvalue weighted by molar-refractivity contribution is 7.99. The summed E-state index contributed by atoms with van der Waals surface area (Å²) in [5.74, 6) is 0.890. The molecule has 0 saturated carbocycles. The molecule has 0 spiro atoms. The topological polar surface area (TPSA) is 57.7 Å². The Morgan fingerprint density at radius 2 is 1.76 bits per heavy atom. The van der Waals surface area contributed by atoms with Crippen LogP contribution >= 0.6 is 11.8 Å². The Balaban J connectivity index is 1.59. The fourth-order valence-electron chi connectivity index (χ4n) is 4.03. The van der Waals surface area contributed by atoms with Crippen LogP contribution in [0.25, 0.3) is 0 Å². The Bertz CT molecular complexity index is 989. The predicted molar refractivity (Wildman–Crippen MR) is 117 cm³/mol. The summed E-state index contributed by atoms with van der Waals surface area (Å²) >= 11 is 1.77. The number of sulfonamides is 1. The molecule has 7 heteroatoms. The van der Waals surface area contributed by atoms with Crippen molar-refractivity contribution in [2.45, 2.75) is 48.4 Å². The molecule has 1 saturated heterocycles. The molecule has 0 N–H and O–H groups in total. The molecule has 0 aliphatic carbocycles. The van der Waals surface area contributed by atoms with E-state index in [9.17, 15) is 13.2 Å². The minimum atomic E-state index is -3.53. The van der Waals surface area contributed by atoms with Crippen LogP contribution in [0.5, 0.6) is 0 Å². The zero-order chi connectivity index (χ0) is 20.4. The van der Waals surface area contributed by atoms with Crippen molar-refractivity contribution < 1.29 is 13.2 Å². The molecule has 4 rings (SSSR count). The van der Waals surface area contributed by atoms with Crippen LogP contribution in [0.3, 0.4) is 0 Å². The van der Waals surface area contributed by atoms with Gasteiger partial charge in [0.25, 0.3) is 5.91 Å². The van der Waals surface area contributed by atoms with E-state index in [4.69, 9.17) is 0 Å². The van der Waals surface area contributed by atoms with Gasteiger partial charge in [0.2, 0.25) is 10.0 Å². The minimum Gasteiger partial charge on any atom is -0.307 e. The van der Waals surface area contributed by atoms with Crippen LogP contribution in [0, 0.1) is 0 Å². The number of hydrogen-bond acceptors (Lipinski definition) is 4. The van der Waals surface area contributed by atoms with E-state index in [0.29, 0.717) is 18.7 Å². The van der Waals surface area contributed by atoms with Crippen LogP contribution in [0.2, 0.25) is 0 Å². The predicted octanol–water partition coefficient (Wildman–Crippen LogP) is 4.39. The SMILES string of the molecule is C[C@@H]1CCCCN1S(=O)(=O)c1ccc(C(=O)N2CCCSc3ccccc32)cc1. The van der Waals surface area contributed by atoms with Crippen LogP contribution in [0.4, 0.5) is 5.69 Å². The molecule has 2 aliphatic rings. The summed E-state index contributed by atoms with van der Waals surface area (Å²) in [4.78, 5) is 16.4. The maximum atomic E-state index is 13.2. The number of carbonyl (C=O) groups excluding carboxylic acids is 1. The summed E-state index contributed by atoms with van der Waals surface area (Å²) in [6.45, 7) is 3.18. The van der Waals surface area contributed by atoms with Gasteiger partial charge in [-0.1, -0.05) is 18.6 Å². The first-order valence-corrected chi connectivity index (χ1v) is 12.6. The van der Waals surface area contributed by atoms with Crippen molar-refractivity contribution in [3.63, 3.8) is 0 Å². The Kier molecular flexibility index (Phi) is 5.99. The third kappa shape index (κ3) is 4.09. The molecule has 1 atom stereocenters.